The summed E-state index contributed by atoms with van der Waals surface area (Å²) in [7, 11) is 0. The van der Waals surface area contributed by atoms with Crippen LogP contribution < -0.4 is 0 Å². The molecule has 0 saturated carbocycles. The van der Waals surface area contributed by atoms with Crippen molar-refractivity contribution in [3.63, 3.8) is 0 Å². The average Bonchev–Trinajstić information content (AvgIpc) is 2.19. The smallest absolute Gasteiger partial charge is 0.303 e. The van der Waals surface area contributed by atoms with E-state index in [1.54, 1.807) is 0 Å². The first-order chi connectivity index (χ1) is 7.56. The summed E-state index contributed by atoms with van der Waals surface area (Å²) in [5.74, 6) is 0.653. The number of hydrogen-bond donors (Lipinski definition) is 1. The minimum atomic E-state index is -0.651. The van der Waals surface area contributed by atoms with Gasteiger partial charge in [0, 0.05) is 6.42 Å². The summed E-state index contributed by atoms with van der Waals surface area (Å²) < 4.78 is 0. The van der Waals surface area contributed by atoms with Crippen LogP contribution in [-0.2, 0) is 4.79 Å². The molecule has 2 heteroatoms. The van der Waals surface area contributed by atoms with Crippen molar-refractivity contribution >= 4 is 5.97 Å². The zero-order chi connectivity index (χ0) is 12.4. The molecule has 0 heterocycles. The van der Waals surface area contributed by atoms with Gasteiger partial charge in [0.05, 0.1) is 0 Å². The van der Waals surface area contributed by atoms with Gasteiger partial charge in [-0.25, -0.2) is 0 Å². The summed E-state index contributed by atoms with van der Waals surface area (Å²) in [5.41, 5.74) is 0. The zero-order valence-electron chi connectivity index (χ0n) is 11.2. The van der Waals surface area contributed by atoms with E-state index in [-0.39, 0.29) is 0 Å². The highest BCUT2D eigenvalue weighted by Crippen LogP contribution is 2.23. The van der Waals surface area contributed by atoms with E-state index >= 15 is 0 Å². The average molecular weight is 228 g/mol. The van der Waals surface area contributed by atoms with E-state index in [0.717, 1.165) is 6.42 Å². The van der Waals surface area contributed by atoms with E-state index in [0.29, 0.717) is 18.3 Å². The third kappa shape index (κ3) is 10.0. The van der Waals surface area contributed by atoms with Gasteiger partial charge in [0.1, 0.15) is 0 Å². The van der Waals surface area contributed by atoms with Crippen molar-refractivity contribution < 1.29 is 9.90 Å². The van der Waals surface area contributed by atoms with Gasteiger partial charge in [-0.2, -0.15) is 0 Å². The number of unbranched alkanes of at least 4 members (excludes halogenated alkanes) is 3. The van der Waals surface area contributed by atoms with Crippen LogP contribution in [0.2, 0.25) is 0 Å². The van der Waals surface area contributed by atoms with Gasteiger partial charge in [0.25, 0.3) is 0 Å². The number of hydrogen-bond acceptors (Lipinski definition) is 1. The minimum absolute atomic E-state index is 0.338. The van der Waals surface area contributed by atoms with Crippen LogP contribution in [-0.4, -0.2) is 11.1 Å². The summed E-state index contributed by atoms with van der Waals surface area (Å²) in [6.45, 7) is 6.66. The lowest BCUT2D eigenvalue weighted by Crippen LogP contribution is -2.08. The Labute approximate surface area is 100 Å². The summed E-state index contributed by atoms with van der Waals surface area (Å²) in [5, 5.41) is 8.71. The van der Waals surface area contributed by atoms with Gasteiger partial charge < -0.3 is 5.11 Å². The SMILES string of the molecule is CCCCCCC(CCC(=O)O)CC(C)C. The fourth-order valence-corrected chi connectivity index (χ4v) is 2.23. The molecular weight excluding hydrogens is 200 g/mol. The van der Waals surface area contributed by atoms with E-state index in [1.165, 1.54) is 38.5 Å². The van der Waals surface area contributed by atoms with E-state index in [1.807, 2.05) is 0 Å². The van der Waals surface area contributed by atoms with Gasteiger partial charge in [0.15, 0.2) is 0 Å². The second-order valence-corrected chi connectivity index (χ2v) is 5.28. The number of carboxylic acids is 1. The topological polar surface area (TPSA) is 37.3 Å². The normalized spacial score (nSPS) is 13.0. The van der Waals surface area contributed by atoms with E-state index in [2.05, 4.69) is 20.8 Å². The van der Waals surface area contributed by atoms with Crippen molar-refractivity contribution in [3.05, 3.63) is 0 Å². The molecule has 0 radical (unpaired) electrons. The van der Waals surface area contributed by atoms with Crippen LogP contribution >= 0.6 is 0 Å². The Morgan fingerprint density at radius 1 is 1.12 bits per heavy atom. The van der Waals surface area contributed by atoms with Crippen molar-refractivity contribution in [1.82, 2.24) is 0 Å². The second kappa shape index (κ2) is 9.68. The van der Waals surface area contributed by atoms with Crippen molar-refractivity contribution in [2.45, 2.75) is 72.1 Å². The predicted octanol–water partition coefficient (Wildman–Crippen LogP) is 4.48. The van der Waals surface area contributed by atoms with Crippen molar-refractivity contribution in [1.29, 1.82) is 0 Å². The fraction of sp³-hybridized carbons (Fsp3) is 0.929. The Hall–Kier alpha value is -0.530. The molecular formula is C14H28O2. The maximum atomic E-state index is 10.6. The van der Waals surface area contributed by atoms with Crippen molar-refractivity contribution in [2.75, 3.05) is 0 Å². The fourth-order valence-electron chi connectivity index (χ4n) is 2.23. The zero-order valence-corrected chi connectivity index (χ0v) is 11.2. The Balaban J connectivity index is 3.76. The molecule has 1 unspecified atom stereocenters. The van der Waals surface area contributed by atoms with Gasteiger partial charge in [-0.1, -0.05) is 52.9 Å². The molecule has 0 aliphatic rings. The van der Waals surface area contributed by atoms with Gasteiger partial charge in [0.2, 0.25) is 0 Å². The highest BCUT2D eigenvalue weighted by Gasteiger charge is 2.12. The van der Waals surface area contributed by atoms with Gasteiger partial charge >= 0.3 is 5.97 Å². The molecule has 16 heavy (non-hydrogen) atoms. The maximum Gasteiger partial charge on any atom is 0.303 e. The standard InChI is InChI=1S/C14H28O2/c1-4-5-6-7-8-13(11-12(2)3)9-10-14(15)16/h12-13H,4-11H2,1-3H3,(H,15,16). The third-order valence-electron chi connectivity index (χ3n) is 3.04. The molecule has 0 aliphatic heterocycles. The largest absolute Gasteiger partial charge is 0.481 e. The third-order valence-corrected chi connectivity index (χ3v) is 3.04. The molecule has 0 aliphatic carbocycles. The summed E-state index contributed by atoms with van der Waals surface area (Å²) in [6.07, 6.45) is 8.75. The van der Waals surface area contributed by atoms with Crippen LogP contribution in [0.15, 0.2) is 0 Å². The molecule has 0 bridgehead atoms. The number of rotatable bonds is 10. The van der Waals surface area contributed by atoms with Crippen LogP contribution in [0.25, 0.3) is 0 Å². The molecule has 96 valence electrons. The Kier molecular flexibility index (Phi) is 9.36. The first-order valence-corrected chi connectivity index (χ1v) is 6.78. The molecule has 0 saturated heterocycles. The van der Waals surface area contributed by atoms with Crippen LogP contribution in [0.5, 0.6) is 0 Å². The summed E-state index contributed by atoms with van der Waals surface area (Å²) in [6, 6.07) is 0. The van der Waals surface area contributed by atoms with Crippen LogP contribution in [0.1, 0.15) is 72.1 Å². The minimum Gasteiger partial charge on any atom is -0.481 e. The highest BCUT2D eigenvalue weighted by atomic mass is 16.4. The molecule has 0 amide bonds. The van der Waals surface area contributed by atoms with Crippen LogP contribution in [0, 0.1) is 11.8 Å². The van der Waals surface area contributed by atoms with Crippen LogP contribution in [0.3, 0.4) is 0 Å². The number of carbonyl (C=O) groups is 1. The van der Waals surface area contributed by atoms with Crippen molar-refractivity contribution in [3.8, 4) is 0 Å². The lowest BCUT2D eigenvalue weighted by molar-refractivity contribution is -0.137. The molecule has 2 nitrogen and oxygen atoms in total. The first-order valence-electron chi connectivity index (χ1n) is 6.78. The molecule has 0 aromatic rings. The predicted molar refractivity (Wildman–Crippen MR) is 68.6 cm³/mol. The van der Waals surface area contributed by atoms with E-state index < -0.39 is 5.97 Å². The first kappa shape index (κ1) is 15.5. The monoisotopic (exact) mass is 228 g/mol. The lowest BCUT2D eigenvalue weighted by atomic mass is 9.88. The molecule has 0 rings (SSSR count). The molecule has 0 spiro atoms. The van der Waals surface area contributed by atoms with E-state index in [4.69, 9.17) is 5.11 Å². The van der Waals surface area contributed by atoms with Gasteiger partial charge in [-0.3, -0.25) is 4.79 Å². The maximum absolute atomic E-state index is 10.6. The van der Waals surface area contributed by atoms with Gasteiger partial charge in [-0.15, -0.1) is 0 Å². The van der Waals surface area contributed by atoms with Crippen LogP contribution in [0.4, 0.5) is 0 Å². The molecule has 0 fully saturated rings. The van der Waals surface area contributed by atoms with E-state index in [9.17, 15) is 4.79 Å². The molecule has 0 aromatic carbocycles. The van der Waals surface area contributed by atoms with Gasteiger partial charge in [-0.05, 0) is 24.7 Å². The Bertz CT molecular complexity index is 176. The Morgan fingerprint density at radius 3 is 2.31 bits per heavy atom. The Morgan fingerprint density at radius 2 is 1.81 bits per heavy atom. The van der Waals surface area contributed by atoms with Crippen molar-refractivity contribution in [2.24, 2.45) is 11.8 Å². The quantitative estimate of drug-likeness (QED) is 0.560. The number of aliphatic carboxylic acids is 1. The summed E-state index contributed by atoms with van der Waals surface area (Å²) in [4.78, 5) is 10.6. The lowest BCUT2D eigenvalue weighted by Gasteiger charge is -2.18. The molecule has 1 atom stereocenters. The summed E-state index contributed by atoms with van der Waals surface area (Å²) >= 11 is 0. The second-order valence-electron chi connectivity index (χ2n) is 5.28. The molecule has 1 N–H and O–H groups in total. The number of carboxylic acid groups (broad SMARTS) is 1. The molecule has 0 aromatic heterocycles. The highest BCUT2D eigenvalue weighted by molar-refractivity contribution is 5.66.